The fourth-order valence-electron chi connectivity index (χ4n) is 4.22. The van der Waals surface area contributed by atoms with E-state index >= 15 is 0 Å². The number of ether oxygens (including phenoxy) is 1. The van der Waals surface area contributed by atoms with Crippen LogP contribution in [-0.2, 0) is 21.2 Å². The Bertz CT molecular complexity index is 1300. The average molecular weight is 426 g/mol. The first-order chi connectivity index (χ1) is 14.6. The van der Waals surface area contributed by atoms with Gasteiger partial charge in [0.2, 0.25) is 0 Å². The number of aromatic nitrogens is 4. The van der Waals surface area contributed by atoms with Gasteiger partial charge in [0, 0.05) is 24.6 Å². The minimum Gasteiger partial charge on any atom is -0.379 e. The first kappa shape index (κ1) is 19.2. The minimum absolute atomic E-state index is 0.144. The lowest BCUT2D eigenvalue weighted by Gasteiger charge is -2.26. The lowest BCUT2D eigenvalue weighted by Crippen LogP contribution is -2.23. The van der Waals surface area contributed by atoms with Crippen molar-refractivity contribution in [1.82, 2.24) is 18.5 Å². The van der Waals surface area contributed by atoms with Crippen LogP contribution in [0, 0.1) is 0 Å². The highest BCUT2D eigenvalue weighted by Gasteiger charge is 2.26. The summed E-state index contributed by atoms with van der Waals surface area (Å²) in [5, 5.41) is 0.758. The number of hydrogen-bond acceptors (Lipinski definition) is 6. The summed E-state index contributed by atoms with van der Waals surface area (Å²) in [4.78, 5) is 9.45. The number of nitrogens with two attached hydrogens (primary N) is 1. The van der Waals surface area contributed by atoms with Crippen molar-refractivity contribution >= 4 is 32.1 Å². The number of rotatable bonds is 5. The molecule has 1 aliphatic rings. The van der Waals surface area contributed by atoms with Gasteiger partial charge in [0.1, 0.15) is 11.3 Å². The Morgan fingerprint density at radius 3 is 2.77 bits per heavy atom. The van der Waals surface area contributed by atoms with E-state index in [1.54, 1.807) is 48.8 Å². The molecule has 1 fully saturated rings. The third kappa shape index (κ3) is 3.01. The molecule has 30 heavy (non-hydrogen) atoms. The van der Waals surface area contributed by atoms with Gasteiger partial charge in [0.05, 0.1) is 29.3 Å². The predicted octanol–water partition coefficient (Wildman–Crippen LogP) is 2.48. The molecule has 156 valence electrons. The third-order valence-electron chi connectivity index (χ3n) is 5.57. The molecule has 0 bridgehead atoms. The molecular formula is C21H23N5O3S. The van der Waals surface area contributed by atoms with E-state index in [-0.39, 0.29) is 10.9 Å². The summed E-state index contributed by atoms with van der Waals surface area (Å²) in [7, 11) is -3.75. The van der Waals surface area contributed by atoms with Crippen molar-refractivity contribution in [2.75, 3.05) is 19.8 Å². The Kier molecular flexibility index (Phi) is 4.80. The van der Waals surface area contributed by atoms with Crippen LogP contribution in [0.25, 0.3) is 22.1 Å². The molecule has 0 aliphatic carbocycles. The number of imidazole rings is 1. The molecule has 3 aromatic heterocycles. The molecule has 0 saturated carbocycles. The fraction of sp³-hybridized carbons (Fsp3) is 0.333. The fourth-order valence-corrected chi connectivity index (χ4v) is 5.54. The highest BCUT2D eigenvalue weighted by molar-refractivity contribution is 7.90. The first-order valence-electron chi connectivity index (χ1n) is 10.1. The maximum atomic E-state index is 13.2. The second kappa shape index (κ2) is 7.50. The Balaban J connectivity index is 1.74. The molecule has 9 heteroatoms. The van der Waals surface area contributed by atoms with Gasteiger partial charge in [-0.25, -0.2) is 22.4 Å². The molecule has 0 radical (unpaired) electrons. The van der Waals surface area contributed by atoms with Crippen molar-refractivity contribution in [1.29, 1.82) is 0 Å². The van der Waals surface area contributed by atoms with Gasteiger partial charge in [0.15, 0.2) is 5.65 Å². The van der Waals surface area contributed by atoms with Gasteiger partial charge in [0.25, 0.3) is 10.0 Å². The van der Waals surface area contributed by atoms with Crippen molar-refractivity contribution in [2.24, 2.45) is 5.73 Å². The largest absolute Gasteiger partial charge is 0.379 e. The Labute approximate surface area is 174 Å². The third-order valence-corrected chi connectivity index (χ3v) is 7.25. The van der Waals surface area contributed by atoms with Crippen LogP contribution in [0.5, 0.6) is 0 Å². The molecular weight excluding hydrogens is 402 g/mol. The zero-order valence-corrected chi connectivity index (χ0v) is 17.3. The van der Waals surface area contributed by atoms with E-state index in [1.807, 2.05) is 0 Å². The molecule has 4 aromatic rings. The topological polar surface area (TPSA) is 105 Å². The maximum Gasteiger partial charge on any atom is 0.269 e. The molecule has 5 rings (SSSR count). The summed E-state index contributed by atoms with van der Waals surface area (Å²) >= 11 is 0. The number of benzene rings is 1. The maximum absolute atomic E-state index is 13.2. The minimum atomic E-state index is -3.75. The normalized spacial score (nSPS) is 17.7. The Morgan fingerprint density at radius 1 is 1.20 bits per heavy atom. The van der Waals surface area contributed by atoms with Gasteiger partial charge in [-0.1, -0.05) is 18.2 Å². The van der Waals surface area contributed by atoms with Crippen LogP contribution < -0.4 is 5.73 Å². The van der Waals surface area contributed by atoms with Gasteiger partial charge in [-0.15, -0.1) is 0 Å². The van der Waals surface area contributed by atoms with Crippen LogP contribution in [0.2, 0.25) is 0 Å². The van der Waals surface area contributed by atoms with Gasteiger partial charge < -0.3 is 15.0 Å². The Hall–Kier alpha value is -2.75. The molecule has 1 aromatic carbocycles. The van der Waals surface area contributed by atoms with E-state index in [1.165, 1.54) is 3.97 Å². The molecule has 0 unspecified atom stereocenters. The van der Waals surface area contributed by atoms with Crippen molar-refractivity contribution in [2.45, 2.75) is 30.2 Å². The molecule has 2 N–H and O–H groups in total. The van der Waals surface area contributed by atoms with Crippen LogP contribution >= 0.6 is 0 Å². The van der Waals surface area contributed by atoms with Gasteiger partial charge in [-0.3, -0.25) is 0 Å². The van der Waals surface area contributed by atoms with E-state index < -0.39 is 10.0 Å². The summed E-state index contributed by atoms with van der Waals surface area (Å²) in [6.07, 6.45) is 5.81. The second-order valence-corrected chi connectivity index (χ2v) is 9.28. The van der Waals surface area contributed by atoms with Crippen LogP contribution in [0.1, 0.15) is 24.7 Å². The number of pyridine rings is 1. The molecule has 1 atom stereocenters. The summed E-state index contributed by atoms with van der Waals surface area (Å²) in [6, 6.07) is 10.3. The van der Waals surface area contributed by atoms with Crippen LogP contribution in [0.15, 0.2) is 53.7 Å². The van der Waals surface area contributed by atoms with Crippen molar-refractivity contribution < 1.29 is 13.2 Å². The predicted molar refractivity (Wildman–Crippen MR) is 114 cm³/mol. The summed E-state index contributed by atoms with van der Waals surface area (Å²) in [5.41, 5.74) is 7.86. The lowest BCUT2D eigenvalue weighted by molar-refractivity contribution is 0.0596. The highest BCUT2D eigenvalue weighted by atomic mass is 32.2. The second-order valence-electron chi connectivity index (χ2n) is 7.47. The van der Waals surface area contributed by atoms with Crippen LogP contribution in [-0.4, -0.2) is 46.7 Å². The SMILES string of the molecule is NCCc1nc2cnc3c(ccn3S(=O)(=O)c3ccccc3)c2n1[C@H]1CCCOC1. The summed E-state index contributed by atoms with van der Waals surface area (Å²) in [5.74, 6) is 0.885. The van der Waals surface area contributed by atoms with E-state index in [2.05, 4.69) is 9.55 Å². The van der Waals surface area contributed by atoms with Crippen molar-refractivity contribution in [3.63, 3.8) is 0 Å². The first-order valence-corrected chi connectivity index (χ1v) is 11.5. The molecule has 1 aliphatic heterocycles. The lowest BCUT2D eigenvalue weighted by atomic mass is 10.1. The van der Waals surface area contributed by atoms with Crippen LogP contribution in [0.3, 0.4) is 0 Å². The van der Waals surface area contributed by atoms with E-state index in [0.717, 1.165) is 41.7 Å². The van der Waals surface area contributed by atoms with Crippen LogP contribution in [0.4, 0.5) is 0 Å². The Morgan fingerprint density at radius 2 is 2.03 bits per heavy atom. The number of fused-ring (bicyclic) bond motifs is 3. The van der Waals surface area contributed by atoms with E-state index in [4.69, 9.17) is 15.5 Å². The van der Waals surface area contributed by atoms with Gasteiger partial charge >= 0.3 is 0 Å². The van der Waals surface area contributed by atoms with Crippen molar-refractivity contribution in [3.8, 4) is 0 Å². The van der Waals surface area contributed by atoms with E-state index in [0.29, 0.717) is 25.2 Å². The molecule has 0 spiro atoms. The number of nitrogens with zero attached hydrogens (tertiary/aromatic N) is 4. The zero-order valence-electron chi connectivity index (χ0n) is 16.4. The highest BCUT2D eigenvalue weighted by Crippen LogP contribution is 2.32. The van der Waals surface area contributed by atoms with Gasteiger partial charge in [-0.05, 0) is 37.6 Å². The summed E-state index contributed by atoms with van der Waals surface area (Å²) < 4.78 is 35.6. The summed E-state index contributed by atoms with van der Waals surface area (Å²) in [6.45, 7) is 1.85. The van der Waals surface area contributed by atoms with Crippen molar-refractivity contribution in [3.05, 3.63) is 54.6 Å². The zero-order chi connectivity index (χ0) is 20.7. The smallest absolute Gasteiger partial charge is 0.269 e. The molecule has 0 amide bonds. The quantitative estimate of drug-likeness (QED) is 0.527. The number of hydrogen-bond donors (Lipinski definition) is 1. The molecule has 1 saturated heterocycles. The molecule has 8 nitrogen and oxygen atoms in total. The monoisotopic (exact) mass is 425 g/mol. The van der Waals surface area contributed by atoms with E-state index in [9.17, 15) is 8.42 Å². The average Bonchev–Trinajstić information content (AvgIpc) is 3.36. The molecule has 4 heterocycles. The van der Waals surface area contributed by atoms with Gasteiger partial charge in [-0.2, -0.15) is 0 Å². The standard InChI is InChI=1S/C21H23N5O3S/c22-10-8-19-24-18-13-23-21-17(20(18)26(19)15-5-4-12-29-14-15)9-11-25(21)30(27,28)16-6-2-1-3-7-16/h1-3,6-7,9,11,13,15H,4-5,8,10,12,14,22H2/t15-/m0/s1.